The van der Waals surface area contributed by atoms with E-state index in [0.29, 0.717) is 0 Å². The van der Waals surface area contributed by atoms with Gasteiger partial charge in [-0.05, 0) is 24.6 Å². The van der Waals surface area contributed by atoms with Crippen LogP contribution >= 0.6 is 0 Å². The Bertz CT molecular complexity index is 256. The monoisotopic (exact) mass is 194 g/mol. The Morgan fingerprint density at radius 2 is 1.86 bits per heavy atom. The van der Waals surface area contributed by atoms with E-state index in [0.717, 1.165) is 18.9 Å². The van der Waals surface area contributed by atoms with Gasteiger partial charge in [-0.1, -0.05) is 12.1 Å². The summed E-state index contributed by atoms with van der Waals surface area (Å²) in [5, 5.41) is 1.94. The van der Waals surface area contributed by atoms with Crippen LogP contribution < -0.4 is 10.2 Å². The van der Waals surface area contributed by atoms with Gasteiger partial charge in [0.25, 0.3) is 0 Å². The Morgan fingerprint density at radius 3 is 2.36 bits per heavy atom. The number of hydrazine groups is 1. The molecule has 0 radical (unpaired) electrons. The molecular formula is C11H18N2O. The van der Waals surface area contributed by atoms with Gasteiger partial charge in [0, 0.05) is 20.6 Å². The summed E-state index contributed by atoms with van der Waals surface area (Å²) in [4.78, 5) is 0. The maximum Gasteiger partial charge on any atom is 0.119 e. The van der Waals surface area contributed by atoms with Crippen molar-refractivity contribution in [2.45, 2.75) is 13.5 Å². The van der Waals surface area contributed by atoms with Crippen molar-refractivity contribution in [1.82, 2.24) is 10.4 Å². The highest BCUT2D eigenvalue weighted by Crippen LogP contribution is 2.11. The number of hydrogen-bond acceptors (Lipinski definition) is 3. The molecule has 3 heteroatoms. The van der Waals surface area contributed by atoms with E-state index in [1.807, 2.05) is 38.2 Å². The van der Waals surface area contributed by atoms with Crippen molar-refractivity contribution in [2.24, 2.45) is 0 Å². The lowest BCUT2D eigenvalue weighted by atomic mass is 10.2. The summed E-state index contributed by atoms with van der Waals surface area (Å²) in [6.45, 7) is 3.55. The zero-order valence-electron chi connectivity index (χ0n) is 9.08. The van der Waals surface area contributed by atoms with E-state index < -0.39 is 0 Å². The molecule has 14 heavy (non-hydrogen) atoms. The van der Waals surface area contributed by atoms with E-state index in [4.69, 9.17) is 4.74 Å². The summed E-state index contributed by atoms with van der Waals surface area (Å²) in [5.41, 5.74) is 4.46. The highest BCUT2D eigenvalue weighted by atomic mass is 16.5. The van der Waals surface area contributed by atoms with Crippen LogP contribution in [-0.4, -0.2) is 25.7 Å². The van der Waals surface area contributed by atoms with Crippen molar-refractivity contribution in [1.29, 1.82) is 0 Å². The van der Waals surface area contributed by atoms with Crippen molar-refractivity contribution in [3.05, 3.63) is 29.8 Å². The van der Waals surface area contributed by atoms with Gasteiger partial charge in [-0.25, -0.2) is 0 Å². The Balaban J connectivity index is 2.46. The molecule has 1 rings (SSSR count). The minimum absolute atomic E-state index is 0.718. The van der Waals surface area contributed by atoms with Crippen LogP contribution in [-0.2, 0) is 6.54 Å². The van der Waals surface area contributed by atoms with Crippen molar-refractivity contribution in [3.63, 3.8) is 0 Å². The van der Waals surface area contributed by atoms with Crippen LogP contribution in [0.3, 0.4) is 0 Å². The number of nitrogens with zero attached hydrogens (tertiary/aromatic N) is 1. The van der Waals surface area contributed by atoms with Gasteiger partial charge in [0.05, 0.1) is 6.61 Å². The third-order valence-electron chi connectivity index (χ3n) is 1.83. The van der Waals surface area contributed by atoms with E-state index in [9.17, 15) is 0 Å². The molecular weight excluding hydrogens is 176 g/mol. The summed E-state index contributed by atoms with van der Waals surface area (Å²) in [6, 6.07) is 8.13. The predicted octanol–water partition coefficient (Wildman–Crippen LogP) is 1.65. The standard InChI is InChI=1S/C11H18N2O/c1-4-14-11-7-5-10(6-8-11)9-12-13(2)3/h5-8,12H,4,9H2,1-3H3. The van der Waals surface area contributed by atoms with Gasteiger partial charge in [-0.15, -0.1) is 0 Å². The van der Waals surface area contributed by atoms with Crippen LogP contribution in [0.5, 0.6) is 5.75 Å². The minimum atomic E-state index is 0.718. The van der Waals surface area contributed by atoms with Gasteiger partial charge >= 0.3 is 0 Å². The number of rotatable bonds is 5. The first-order chi connectivity index (χ1) is 6.72. The topological polar surface area (TPSA) is 24.5 Å². The molecule has 0 atom stereocenters. The minimum Gasteiger partial charge on any atom is -0.494 e. The first-order valence-electron chi connectivity index (χ1n) is 4.85. The predicted molar refractivity (Wildman–Crippen MR) is 58.1 cm³/mol. The van der Waals surface area contributed by atoms with E-state index in [1.165, 1.54) is 5.56 Å². The molecule has 0 aromatic heterocycles. The van der Waals surface area contributed by atoms with Crippen LogP contribution in [0.4, 0.5) is 0 Å². The average molecular weight is 194 g/mol. The summed E-state index contributed by atoms with van der Waals surface area (Å²) in [5.74, 6) is 0.932. The average Bonchev–Trinajstić information content (AvgIpc) is 2.17. The Labute approximate surface area is 85.6 Å². The Kier molecular flexibility index (Phi) is 4.43. The lowest BCUT2D eigenvalue weighted by molar-refractivity contribution is 0.286. The first kappa shape index (κ1) is 11.0. The molecule has 0 unspecified atom stereocenters. The first-order valence-corrected chi connectivity index (χ1v) is 4.85. The molecule has 3 nitrogen and oxygen atoms in total. The van der Waals surface area contributed by atoms with Crippen molar-refractivity contribution in [2.75, 3.05) is 20.7 Å². The van der Waals surface area contributed by atoms with Crippen LogP contribution in [0.25, 0.3) is 0 Å². The summed E-state index contributed by atoms with van der Waals surface area (Å²) in [6.07, 6.45) is 0. The molecule has 0 bridgehead atoms. The van der Waals surface area contributed by atoms with Crippen LogP contribution in [0.15, 0.2) is 24.3 Å². The van der Waals surface area contributed by atoms with E-state index >= 15 is 0 Å². The fraction of sp³-hybridized carbons (Fsp3) is 0.455. The Morgan fingerprint density at radius 1 is 1.21 bits per heavy atom. The molecule has 0 amide bonds. The lowest BCUT2D eigenvalue weighted by Crippen LogP contribution is -2.29. The van der Waals surface area contributed by atoms with Gasteiger partial charge in [-0.3, -0.25) is 10.4 Å². The van der Waals surface area contributed by atoms with Crippen molar-refractivity contribution in [3.8, 4) is 5.75 Å². The maximum atomic E-state index is 5.36. The smallest absolute Gasteiger partial charge is 0.119 e. The van der Waals surface area contributed by atoms with Crippen LogP contribution in [0.1, 0.15) is 12.5 Å². The summed E-state index contributed by atoms with van der Waals surface area (Å²) >= 11 is 0. The van der Waals surface area contributed by atoms with E-state index in [1.54, 1.807) is 0 Å². The zero-order chi connectivity index (χ0) is 10.4. The van der Waals surface area contributed by atoms with Gasteiger partial charge in [0.1, 0.15) is 5.75 Å². The molecule has 78 valence electrons. The van der Waals surface area contributed by atoms with Crippen molar-refractivity contribution < 1.29 is 4.74 Å². The summed E-state index contributed by atoms with van der Waals surface area (Å²) < 4.78 is 5.36. The number of benzene rings is 1. The summed E-state index contributed by atoms with van der Waals surface area (Å²) in [7, 11) is 3.96. The molecule has 0 fully saturated rings. The van der Waals surface area contributed by atoms with Gasteiger partial charge in [0.15, 0.2) is 0 Å². The van der Waals surface area contributed by atoms with Gasteiger partial charge in [-0.2, -0.15) is 0 Å². The molecule has 1 aromatic carbocycles. The molecule has 0 saturated heterocycles. The molecule has 0 aliphatic heterocycles. The van der Waals surface area contributed by atoms with E-state index in [2.05, 4.69) is 17.6 Å². The number of nitrogens with one attached hydrogen (secondary N) is 1. The molecule has 0 saturated carbocycles. The van der Waals surface area contributed by atoms with Gasteiger partial charge < -0.3 is 4.74 Å². The second-order valence-corrected chi connectivity index (χ2v) is 3.31. The molecule has 1 N–H and O–H groups in total. The number of hydrogen-bond donors (Lipinski definition) is 1. The molecule has 0 aliphatic carbocycles. The SMILES string of the molecule is CCOc1ccc(CNN(C)C)cc1. The largest absolute Gasteiger partial charge is 0.494 e. The maximum absolute atomic E-state index is 5.36. The molecule has 0 heterocycles. The second kappa shape index (κ2) is 5.62. The highest BCUT2D eigenvalue weighted by Gasteiger charge is 1.94. The van der Waals surface area contributed by atoms with Gasteiger partial charge in [0.2, 0.25) is 0 Å². The normalized spacial score (nSPS) is 10.6. The molecule has 0 spiro atoms. The number of ether oxygens (including phenoxy) is 1. The molecule has 1 aromatic rings. The molecule has 0 aliphatic rings. The van der Waals surface area contributed by atoms with E-state index in [-0.39, 0.29) is 0 Å². The Hall–Kier alpha value is -1.06. The third-order valence-corrected chi connectivity index (χ3v) is 1.83. The van der Waals surface area contributed by atoms with Crippen LogP contribution in [0.2, 0.25) is 0 Å². The second-order valence-electron chi connectivity index (χ2n) is 3.31. The zero-order valence-corrected chi connectivity index (χ0v) is 9.08. The van der Waals surface area contributed by atoms with Crippen LogP contribution in [0, 0.1) is 0 Å². The highest BCUT2D eigenvalue weighted by molar-refractivity contribution is 5.27. The van der Waals surface area contributed by atoms with Crippen molar-refractivity contribution >= 4 is 0 Å². The fourth-order valence-electron chi connectivity index (χ4n) is 1.12. The third kappa shape index (κ3) is 3.77. The fourth-order valence-corrected chi connectivity index (χ4v) is 1.12. The lowest BCUT2D eigenvalue weighted by Gasteiger charge is -2.12. The quantitative estimate of drug-likeness (QED) is 0.721.